The lowest BCUT2D eigenvalue weighted by Crippen LogP contribution is -1.97. The summed E-state index contributed by atoms with van der Waals surface area (Å²) < 4.78 is 0. The first-order valence-corrected chi connectivity index (χ1v) is 18.9. The smallest absolute Gasteiger partial charge is 0.0347 e. The highest BCUT2D eigenvalue weighted by atomic mass is 32.2. The molecular formula is C45H38N4S2. The van der Waals surface area contributed by atoms with Gasteiger partial charge in [-0.1, -0.05) is 109 Å². The number of aromatic nitrogens is 1. The molecule has 0 spiro atoms. The molecule has 4 N–H and O–H groups in total. The van der Waals surface area contributed by atoms with Crippen molar-refractivity contribution in [2.24, 2.45) is 16.5 Å². The summed E-state index contributed by atoms with van der Waals surface area (Å²) in [6, 6.07) is 37.4. The van der Waals surface area contributed by atoms with E-state index < -0.39 is 0 Å². The second-order valence-corrected chi connectivity index (χ2v) is 14.1. The predicted octanol–water partition coefficient (Wildman–Crippen LogP) is 11.8. The summed E-state index contributed by atoms with van der Waals surface area (Å²) in [6.45, 7) is 5.68. The van der Waals surface area contributed by atoms with E-state index in [4.69, 9.17) is 16.5 Å². The lowest BCUT2D eigenvalue weighted by molar-refractivity contribution is 1.26. The second-order valence-electron chi connectivity index (χ2n) is 12.3. The summed E-state index contributed by atoms with van der Waals surface area (Å²) in [6.07, 6.45) is 11.2. The highest BCUT2D eigenvalue weighted by Crippen LogP contribution is 2.49. The number of pyridine rings is 1. The fourth-order valence-electron chi connectivity index (χ4n) is 7.10. The van der Waals surface area contributed by atoms with Gasteiger partial charge in [-0.05, 0) is 107 Å². The molecule has 0 radical (unpaired) electrons. The van der Waals surface area contributed by atoms with Gasteiger partial charge in [-0.25, -0.2) is 0 Å². The minimum Gasteiger partial charge on any atom is -0.404 e. The number of aliphatic imine (C=N–C) groups is 1. The molecule has 7 aromatic rings. The third-order valence-electron chi connectivity index (χ3n) is 9.06. The molecule has 1 aromatic heterocycles. The van der Waals surface area contributed by atoms with E-state index in [2.05, 4.69) is 128 Å². The largest absolute Gasteiger partial charge is 0.404 e. The van der Waals surface area contributed by atoms with Gasteiger partial charge in [-0.2, -0.15) is 0 Å². The molecule has 0 aliphatic carbocycles. The van der Waals surface area contributed by atoms with Crippen LogP contribution in [0, 0.1) is 0 Å². The number of benzene rings is 6. The molecular weight excluding hydrogens is 661 g/mol. The molecule has 7 rings (SSSR count). The standard InChI is InChI=1S/C45H38N4S2/c1-30(28-50-21-19-46)23-32(25-47)42-34-11-3-7-15-38(34)44(39-16-8-4-12-35(39)42)45-40-17-9-5-13-36(40)43(37-14-6-10-18-41(37)45)33-24-31(26-49-27-33)29-51-22-20-48-2/h3-27H,2,28-29,46-47H2,1H3/b21-19-,22-20-,30-23+,32-25+. The summed E-state index contributed by atoms with van der Waals surface area (Å²) in [4.78, 5) is 8.54. The quantitative estimate of drug-likeness (QED) is 0.0799. The van der Waals surface area contributed by atoms with Crippen LogP contribution in [-0.2, 0) is 5.75 Å². The molecule has 0 aliphatic heterocycles. The third-order valence-corrected chi connectivity index (χ3v) is 10.9. The first-order chi connectivity index (χ1) is 25.1. The summed E-state index contributed by atoms with van der Waals surface area (Å²) in [5, 5.41) is 13.3. The SMILES string of the molecule is C=N/C=C\SCc1cncc(-c2c3ccccc3c(-c3c4ccccc4c(C(/C=C(\C)CS/C=C\N)=C/N)c4ccccc34)c3ccccc23)c1. The Morgan fingerprint density at radius 1 is 0.686 bits per heavy atom. The maximum Gasteiger partial charge on any atom is 0.0347 e. The first-order valence-electron chi connectivity index (χ1n) is 16.8. The van der Waals surface area contributed by atoms with Crippen LogP contribution in [0.1, 0.15) is 18.1 Å². The minimum atomic E-state index is 0.794. The number of nitrogens with two attached hydrogens (primary N) is 2. The van der Waals surface area contributed by atoms with Gasteiger partial charge in [0, 0.05) is 48.1 Å². The van der Waals surface area contributed by atoms with Gasteiger partial charge in [0.15, 0.2) is 0 Å². The lowest BCUT2D eigenvalue weighted by Gasteiger charge is -2.22. The number of hydrogen-bond donors (Lipinski definition) is 2. The van der Waals surface area contributed by atoms with E-state index in [1.807, 2.05) is 23.2 Å². The van der Waals surface area contributed by atoms with Gasteiger partial charge in [-0.3, -0.25) is 9.98 Å². The van der Waals surface area contributed by atoms with Crippen molar-refractivity contribution in [1.29, 1.82) is 0 Å². The number of thioether (sulfide) groups is 2. The normalized spacial score (nSPS) is 12.6. The molecule has 0 fully saturated rings. The van der Waals surface area contributed by atoms with E-state index in [0.717, 1.165) is 44.5 Å². The molecule has 0 amide bonds. The van der Waals surface area contributed by atoms with Crippen LogP contribution in [0.3, 0.4) is 0 Å². The zero-order valence-electron chi connectivity index (χ0n) is 28.4. The van der Waals surface area contributed by atoms with Crippen molar-refractivity contribution in [3.05, 3.63) is 168 Å². The van der Waals surface area contributed by atoms with E-state index in [-0.39, 0.29) is 0 Å². The van der Waals surface area contributed by atoms with Gasteiger partial charge in [0.2, 0.25) is 0 Å². The van der Waals surface area contributed by atoms with Crippen LogP contribution in [0.15, 0.2) is 162 Å². The Morgan fingerprint density at radius 3 is 1.71 bits per heavy atom. The summed E-state index contributed by atoms with van der Waals surface area (Å²) in [5.41, 5.74) is 21.3. The molecule has 0 unspecified atom stereocenters. The van der Waals surface area contributed by atoms with Gasteiger partial charge >= 0.3 is 0 Å². The summed E-state index contributed by atoms with van der Waals surface area (Å²) in [5.74, 6) is 1.62. The van der Waals surface area contributed by atoms with Crippen molar-refractivity contribution in [2.45, 2.75) is 12.7 Å². The van der Waals surface area contributed by atoms with E-state index in [0.29, 0.717) is 0 Å². The van der Waals surface area contributed by atoms with Gasteiger partial charge in [0.25, 0.3) is 0 Å². The second kappa shape index (κ2) is 15.5. The Labute approximate surface area is 307 Å². The Bertz CT molecular complexity index is 2430. The van der Waals surface area contributed by atoms with Gasteiger partial charge in [0.1, 0.15) is 0 Å². The number of rotatable bonds is 11. The van der Waals surface area contributed by atoms with Crippen LogP contribution in [0.5, 0.6) is 0 Å². The van der Waals surface area contributed by atoms with Gasteiger partial charge in [-0.15, -0.1) is 23.5 Å². The molecule has 0 bridgehead atoms. The maximum absolute atomic E-state index is 6.45. The number of nitrogens with zero attached hydrogens (tertiary/aromatic N) is 2. The molecule has 51 heavy (non-hydrogen) atoms. The zero-order chi connectivity index (χ0) is 35.2. The summed E-state index contributed by atoms with van der Waals surface area (Å²) in [7, 11) is 0. The van der Waals surface area contributed by atoms with Crippen molar-refractivity contribution in [1.82, 2.24) is 4.98 Å². The predicted molar refractivity (Wildman–Crippen MR) is 227 cm³/mol. The van der Waals surface area contributed by atoms with Crippen LogP contribution in [0.25, 0.3) is 70.9 Å². The zero-order valence-corrected chi connectivity index (χ0v) is 30.1. The first kappa shape index (κ1) is 33.9. The van der Waals surface area contributed by atoms with Crippen LogP contribution in [-0.4, -0.2) is 17.5 Å². The molecule has 1 heterocycles. The van der Waals surface area contributed by atoms with E-state index >= 15 is 0 Å². The van der Waals surface area contributed by atoms with Crippen LogP contribution < -0.4 is 11.5 Å². The Balaban J connectivity index is 1.53. The van der Waals surface area contributed by atoms with E-state index in [1.54, 1.807) is 42.1 Å². The van der Waals surface area contributed by atoms with Gasteiger partial charge in [0.05, 0.1) is 0 Å². The minimum absolute atomic E-state index is 0.794. The number of fused-ring (bicyclic) bond motifs is 4. The molecule has 250 valence electrons. The average Bonchev–Trinajstić information content (AvgIpc) is 3.17. The fraction of sp³-hybridized carbons (Fsp3) is 0.0667. The van der Waals surface area contributed by atoms with Crippen LogP contribution >= 0.6 is 23.5 Å². The molecule has 6 heteroatoms. The third kappa shape index (κ3) is 6.68. The average molecular weight is 699 g/mol. The van der Waals surface area contributed by atoms with Crippen molar-refractivity contribution < 1.29 is 0 Å². The van der Waals surface area contributed by atoms with Crippen molar-refractivity contribution in [3.63, 3.8) is 0 Å². The number of allylic oxidation sites excluding steroid dienone is 2. The Kier molecular flexibility index (Phi) is 10.3. The van der Waals surface area contributed by atoms with E-state index in [1.165, 1.54) is 54.6 Å². The van der Waals surface area contributed by atoms with Crippen LogP contribution in [0.4, 0.5) is 0 Å². The Hall–Kier alpha value is -5.56. The molecule has 6 aromatic carbocycles. The van der Waals surface area contributed by atoms with Gasteiger partial charge < -0.3 is 11.5 Å². The maximum atomic E-state index is 6.45. The fourth-order valence-corrected chi connectivity index (χ4v) is 8.27. The van der Waals surface area contributed by atoms with Crippen molar-refractivity contribution in [2.75, 3.05) is 5.75 Å². The molecule has 0 saturated carbocycles. The molecule has 0 atom stereocenters. The van der Waals surface area contributed by atoms with Crippen molar-refractivity contribution >= 4 is 78.9 Å². The molecule has 0 aliphatic rings. The summed E-state index contributed by atoms with van der Waals surface area (Å²) >= 11 is 3.35. The number of hydrogen-bond acceptors (Lipinski definition) is 6. The molecule has 4 nitrogen and oxygen atoms in total. The monoisotopic (exact) mass is 698 g/mol. The highest BCUT2D eigenvalue weighted by molar-refractivity contribution is 8.02. The Morgan fingerprint density at radius 2 is 1.20 bits per heavy atom. The topological polar surface area (TPSA) is 77.3 Å². The lowest BCUT2D eigenvalue weighted by atomic mass is 9.81. The van der Waals surface area contributed by atoms with Crippen LogP contribution in [0.2, 0.25) is 0 Å². The van der Waals surface area contributed by atoms with Crippen molar-refractivity contribution in [3.8, 4) is 22.3 Å². The highest BCUT2D eigenvalue weighted by Gasteiger charge is 2.22. The molecule has 0 saturated heterocycles. The van der Waals surface area contributed by atoms with E-state index in [9.17, 15) is 0 Å².